The lowest BCUT2D eigenvalue weighted by atomic mass is 9.76. The number of carbonyl (C=O) groups is 1. The molecule has 3 nitrogen and oxygen atoms in total. The van der Waals surface area contributed by atoms with Crippen molar-refractivity contribution < 1.29 is 4.79 Å². The predicted molar refractivity (Wildman–Crippen MR) is 93.3 cm³/mol. The number of fused-ring (bicyclic) bond motifs is 4. The molecule has 0 saturated heterocycles. The van der Waals surface area contributed by atoms with E-state index in [1.807, 2.05) is 6.08 Å². The topological polar surface area (TPSA) is 36.1 Å². The highest BCUT2D eigenvalue weighted by molar-refractivity contribution is 5.94. The molecule has 2 heterocycles. The molecule has 120 valence electrons. The zero-order valence-corrected chi connectivity index (χ0v) is 14.0. The summed E-state index contributed by atoms with van der Waals surface area (Å²) in [6, 6.07) is 8.53. The Morgan fingerprint density at radius 2 is 2.13 bits per heavy atom. The molecule has 1 N–H and O–H groups in total. The minimum Gasteiger partial charge on any atom is -0.356 e. The van der Waals surface area contributed by atoms with E-state index in [4.69, 9.17) is 0 Å². The van der Waals surface area contributed by atoms with E-state index < -0.39 is 0 Å². The first-order valence-corrected chi connectivity index (χ1v) is 8.79. The van der Waals surface area contributed by atoms with Gasteiger partial charge in [-0.3, -0.25) is 4.79 Å². The highest BCUT2D eigenvalue weighted by Crippen LogP contribution is 2.49. The normalized spacial score (nSPS) is 23.7. The molecule has 23 heavy (non-hydrogen) atoms. The first-order valence-electron chi connectivity index (χ1n) is 8.79. The van der Waals surface area contributed by atoms with E-state index in [-0.39, 0.29) is 11.4 Å². The first-order chi connectivity index (χ1) is 11.2. The Balaban J connectivity index is 1.91. The molecule has 0 bridgehead atoms. The second-order valence-electron chi connectivity index (χ2n) is 6.91. The molecule has 0 saturated carbocycles. The van der Waals surface area contributed by atoms with Crippen LogP contribution in [0.2, 0.25) is 0 Å². The number of aromatic nitrogens is 1. The van der Waals surface area contributed by atoms with Gasteiger partial charge in [-0.15, -0.1) is 0 Å². The minimum atomic E-state index is -0.237. The summed E-state index contributed by atoms with van der Waals surface area (Å²) in [5.41, 5.74) is 4.84. The highest BCUT2D eigenvalue weighted by Gasteiger charge is 2.50. The number of para-hydroxylation sites is 1. The van der Waals surface area contributed by atoms with Crippen LogP contribution in [0.4, 0.5) is 0 Å². The fraction of sp³-hybridized carbons (Fsp3) is 0.450. The maximum atomic E-state index is 12.6. The van der Waals surface area contributed by atoms with Gasteiger partial charge in [0.2, 0.25) is 5.91 Å². The van der Waals surface area contributed by atoms with Gasteiger partial charge in [0, 0.05) is 29.2 Å². The summed E-state index contributed by atoms with van der Waals surface area (Å²) in [7, 11) is 0. The maximum absolute atomic E-state index is 12.6. The number of unbranched alkanes of at least 4 members (excludes halogenated alkanes) is 1. The fourth-order valence-corrected chi connectivity index (χ4v) is 4.52. The molecular formula is C20H24N2O. The van der Waals surface area contributed by atoms with E-state index in [1.54, 1.807) is 0 Å². The summed E-state index contributed by atoms with van der Waals surface area (Å²) < 4.78 is 0. The molecule has 1 spiro atoms. The monoisotopic (exact) mass is 308 g/mol. The van der Waals surface area contributed by atoms with Crippen LogP contribution in [-0.2, 0) is 16.8 Å². The molecule has 1 atom stereocenters. The number of H-pyrrole nitrogens is 1. The molecule has 0 radical (unpaired) electrons. The van der Waals surface area contributed by atoms with Gasteiger partial charge in [-0.25, -0.2) is 0 Å². The van der Waals surface area contributed by atoms with Crippen LogP contribution < -0.4 is 0 Å². The Morgan fingerprint density at radius 1 is 1.30 bits per heavy atom. The zero-order valence-electron chi connectivity index (χ0n) is 14.0. The van der Waals surface area contributed by atoms with Crippen LogP contribution in [0.25, 0.3) is 10.9 Å². The van der Waals surface area contributed by atoms with Crippen molar-refractivity contribution in [3.8, 4) is 0 Å². The van der Waals surface area contributed by atoms with Gasteiger partial charge in [-0.05, 0) is 49.8 Å². The van der Waals surface area contributed by atoms with Crippen LogP contribution in [0.15, 0.2) is 35.9 Å². The van der Waals surface area contributed by atoms with Gasteiger partial charge < -0.3 is 9.88 Å². The third-order valence-electron chi connectivity index (χ3n) is 5.65. The van der Waals surface area contributed by atoms with Gasteiger partial charge >= 0.3 is 0 Å². The predicted octanol–water partition coefficient (Wildman–Crippen LogP) is 4.29. The number of hydrogen-bond acceptors (Lipinski definition) is 1. The number of benzene rings is 1. The summed E-state index contributed by atoms with van der Waals surface area (Å²) in [6.07, 6.45) is 7.30. The van der Waals surface area contributed by atoms with E-state index in [2.05, 4.69) is 48.0 Å². The summed E-state index contributed by atoms with van der Waals surface area (Å²) in [5, 5.41) is 1.32. The third-order valence-corrected chi connectivity index (χ3v) is 5.65. The van der Waals surface area contributed by atoms with Crippen LogP contribution >= 0.6 is 0 Å². The number of aryl methyl sites for hydroxylation is 1. The lowest BCUT2D eigenvalue weighted by Gasteiger charge is -2.43. The molecule has 1 amide bonds. The van der Waals surface area contributed by atoms with Crippen LogP contribution in [0, 0.1) is 0 Å². The lowest BCUT2D eigenvalue weighted by molar-refractivity contribution is -0.129. The Hall–Kier alpha value is -2.03. The average Bonchev–Trinajstić information content (AvgIpc) is 3.04. The molecule has 4 rings (SSSR count). The van der Waals surface area contributed by atoms with Crippen LogP contribution in [0.5, 0.6) is 0 Å². The third kappa shape index (κ3) is 1.92. The molecule has 1 aromatic heterocycles. The van der Waals surface area contributed by atoms with Gasteiger partial charge in [0.1, 0.15) is 5.54 Å². The highest BCUT2D eigenvalue weighted by atomic mass is 16.2. The summed E-state index contributed by atoms with van der Waals surface area (Å²) in [6.45, 7) is 5.16. The fourth-order valence-electron chi connectivity index (χ4n) is 4.52. The number of amides is 1. The van der Waals surface area contributed by atoms with Gasteiger partial charge in [0.15, 0.2) is 0 Å². The first kappa shape index (κ1) is 14.6. The quantitative estimate of drug-likeness (QED) is 0.902. The van der Waals surface area contributed by atoms with Gasteiger partial charge in [-0.2, -0.15) is 0 Å². The molecule has 1 aromatic carbocycles. The Morgan fingerprint density at radius 3 is 2.96 bits per heavy atom. The lowest BCUT2D eigenvalue weighted by Crippen LogP contribution is -2.48. The molecule has 3 heteroatoms. The van der Waals surface area contributed by atoms with Crippen molar-refractivity contribution in [3.63, 3.8) is 0 Å². The largest absolute Gasteiger partial charge is 0.356 e. The number of nitrogens with one attached hydrogen (secondary N) is 1. The summed E-state index contributed by atoms with van der Waals surface area (Å²) in [5.74, 6) is 0.183. The van der Waals surface area contributed by atoms with E-state index in [1.165, 1.54) is 27.7 Å². The van der Waals surface area contributed by atoms with Gasteiger partial charge in [0.05, 0.1) is 0 Å². The number of carbonyl (C=O) groups excluding carboxylic acids is 1. The van der Waals surface area contributed by atoms with Crippen molar-refractivity contribution in [2.45, 2.75) is 51.5 Å². The van der Waals surface area contributed by atoms with Crippen molar-refractivity contribution in [2.24, 2.45) is 0 Å². The molecule has 1 aliphatic carbocycles. The van der Waals surface area contributed by atoms with E-state index >= 15 is 0 Å². The van der Waals surface area contributed by atoms with Gasteiger partial charge in [-0.1, -0.05) is 31.5 Å². The number of aromatic amines is 1. The van der Waals surface area contributed by atoms with E-state index in [9.17, 15) is 4.79 Å². The molecule has 2 aromatic rings. The van der Waals surface area contributed by atoms with Crippen molar-refractivity contribution in [3.05, 3.63) is 47.2 Å². The molecule has 0 fully saturated rings. The Labute approximate surface area is 137 Å². The second-order valence-corrected chi connectivity index (χ2v) is 6.91. The standard InChI is InChI=1S/C20H24N2O/c1-3-4-12-22-18(23)13-14(2)20(22)11-7-9-16-15-8-5-6-10-17(15)21-19(16)20/h5-6,8,10,13,21H,3-4,7,9,11-12H2,1-2H3. The van der Waals surface area contributed by atoms with Crippen LogP contribution in [0.1, 0.15) is 50.8 Å². The SMILES string of the molecule is CCCCN1C(=O)C=C(C)C12CCCc1c2[nH]c2ccccc12. The minimum absolute atomic E-state index is 0.183. The van der Waals surface area contributed by atoms with Crippen molar-refractivity contribution in [2.75, 3.05) is 6.54 Å². The molecular weight excluding hydrogens is 284 g/mol. The number of rotatable bonds is 3. The summed E-state index contributed by atoms with van der Waals surface area (Å²) >= 11 is 0. The van der Waals surface area contributed by atoms with E-state index in [0.717, 1.165) is 38.6 Å². The number of nitrogens with zero attached hydrogens (tertiary/aromatic N) is 1. The molecule has 1 aliphatic heterocycles. The van der Waals surface area contributed by atoms with Crippen molar-refractivity contribution in [1.29, 1.82) is 0 Å². The Kier molecular flexibility index (Phi) is 3.33. The Bertz CT molecular complexity index is 801. The summed E-state index contributed by atoms with van der Waals surface area (Å²) in [4.78, 5) is 18.4. The maximum Gasteiger partial charge on any atom is 0.247 e. The van der Waals surface area contributed by atoms with Gasteiger partial charge in [0.25, 0.3) is 0 Å². The van der Waals surface area contributed by atoms with Crippen LogP contribution in [0.3, 0.4) is 0 Å². The van der Waals surface area contributed by atoms with Crippen molar-refractivity contribution in [1.82, 2.24) is 9.88 Å². The molecule has 2 aliphatic rings. The second kappa shape index (κ2) is 5.26. The molecule has 1 unspecified atom stereocenters. The van der Waals surface area contributed by atoms with Crippen molar-refractivity contribution >= 4 is 16.8 Å². The van der Waals surface area contributed by atoms with E-state index in [0.29, 0.717) is 0 Å². The number of hydrogen-bond donors (Lipinski definition) is 1. The smallest absolute Gasteiger partial charge is 0.247 e. The average molecular weight is 308 g/mol. The van der Waals surface area contributed by atoms with Crippen LogP contribution in [-0.4, -0.2) is 22.3 Å². The zero-order chi connectivity index (χ0) is 16.0.